The number of nitrogens with zero attached hydrogens (tertiary/aromatic N) is 2. The summed E-state index contributed by atoms with van der Waals surface area (Å²) in [6.07, 6.45) is 4.17. The Kier molecular flexibility index (Phi) is 4.90. The molecule has 0 aromatic carbocycles. The average molecular weight is 198 g/mol. The van der Waals surface area contributed by atoms with Crippen molar-refractivity contribution < 1.29 is 0 Å². The second-order valence-corrected chi connectivity index (χ2v) is 4.31. The molecule has 2 aliphatic heterocycles. The number of likely N-dealkylation sites (tertiary alicyclic amines) is 1. The highest BCUT2D eigenvalue weighted by atomic mass is 15.3. The van der Waals surface area contributed by atoms with Crippen LogP contribution in [0.3, 0.4) is 0 Å². The molecule has 0 spiro atoms. The number of fused-ring (bicyclic) bond motifs is 2. The summed E-state index contributed by atoms with van der Waals surface area (Å²) in [5.41, 5.74) is 0. The first-order valence-electron chi connectivity index (χ1n) is 6.25. The van der Waals surface area contributed by atoms with Gasteiger partial charge >= 0.3 is 0 Å². The molecular weight excluding hydrogens is 172 g/mol. The van der Waals surface area contributed by atoms with E-state index in [-0.39, 0.29) is 0 Å². The van der Waals surface area contributed by atoms with Gasteiger partial charge in [0.05, 0.1) is 0 Å². The molecule has 2 bridgehead atoms. The van der Waals surface area contributed by atoms with Gasteiger partial charge in [-0.25, -0.2) is 0 Å². The maximum atomic E-state index is 2.64. The first kappa shape index (κ1) is 12.0. The van der Waals surface area contributed by atoms with Crippen molar-refractivity contribution in [2.24, 2.45) is 0 Å². The van der Waals surface area contributed by atoms with Gasteiger partial charge < -0.3 is 4.90 Å². The third-order valence-corrected chi connectivity index (χ3v) is 3.46. The van der Waals surface area contributed by atoms with E-state index in [0.29, 0.717) is 0 Å². The summed E-state index contributed by atoms with van der Waals surface area (Å²) in [6.45, 7) is 10.2. The van der Waals surface area contributed by atoms with Crippen LogP contribution in [0.4, 0.5) is 0 Å². The zero-order chi connectivity index (χ0) is 10.6. The predicted octanol–water partition coefficient (Wildman–Crippen LogP) is 2.20. The number of hydrogen-bond acceptors (Lipinski definition) is 2. The minimum atomic E-state index is 0.871. The second-order valence-electron chi connectivity index (χ2n) is 4.31. The zero-order valence-corrected chi connectivity index (χ0v) is 10.3. The predicted molar refractivity (Wildman–Crippen MR) is 62.7 cm³/mol. The summed E-state index contributed by atoms with van der Waals surface area (Å²) in [4.78, 5) is 5.23. The van der Waals surface area contributed by atoms with Crippen LogP contribution in [0, 0.1) is 0 Å². The molecule has 2 atom stereocenters. The molecule has 2 saturated heterocycles. The third-order valence-electron chi connectivity index (χ3n) is 3.46. The van der Waals surface area contributed by atoms with Gasteiger partial charge in [0.1, 0.15) is 0 Å². The van der Waals surface area contributed by atoms with Gasteiger partial charge in [-0.15, -0.1) is 0 Å². The van der Waals surface area contributed by atoms with Crippen molar-refractivity contribution in [3.05, 3.63) is 0 Å². The summed E-state index contributed by atoms with van der Waals surface area (Å²) in [5.74, 6) is 0. The van der Waals surface area contributed by atoms with Gasteiger partial charge in [0.2, 0.25) is 0 Å². The van der Waals surface area contributed by atoms with Crippen LogP contribution in [0.5, 0.6) is 0 Å². The Labute approximate surface area is 89.3 Å². The number of rotatable bonds is 2. The van der Waals surface area contributed by atoms with Crippen LogP contribution in [0.2, 0.25) is 0 Å². The van der Waals surface area contributed by atoms with Gasteiger partial charge in [-0.05, 0) is 32.9 Å². The van der Waals surface area contributed by atoms with Crippen LogP contribution < -0.4 is 0 Å². The number of hydrogen-bond donors (Lipinski definition) is 0. The Balaban J connectivity index is 0.000000461. The Bertz CT molecular complexity index is 144. The van der Waals surface area contributed by atoms with E-state index in [1.807, 2.05) is 13.8 Å². The van der Waals surface area contributed by atoms with E-state index in [2.05, 4.69) is 23.8 Å². The highest BCUT2D eigenvalue weighted by molar-refractivity contribution is 4.93. The molecule has 2 aliphatic rings. The first-order valence-corrected chi connectivity index (χ1v) is 6.25. The van der Waals surface area contributed by atoms with E-state index in [1.165, 1.54) is 38.9 Å². The number of piperazine rings is 1. The molecule has 0 aromatic heterocycles. The fraction of sp³-hybridized carbons (Fsp3) is 1.00. The highest BCUT2D eigenvalue weighted by Crippen LogP contribution is 2.27. The summed E-state index contributed by atoms with van der Waals surface area (Å²) >= 11 is 0. The molecule has 2 heterocycles. The lowest BCUT2D eigenvalue weighted by molar-refractivity contribution is 0.0889. The first-order chi connectivity index (χ1) is 6.81. The van der Waals surface area contributed by atoms with Crippen LogP contribution >= 0.6 is 0 Å². The highest BCUT2D eigenvalue weighted by Gasteiger charge is 2.36. The van der Waals surface area contributed by atoms with Gasteiger partial charge in [-0.3, -0.25) is 4.90 Å². The van der Waals surface area contributed by atoms with Crippen molar-refractivity contribution in [3.63, 3.8) is 0 Å². The monoisotopic (exact) mass is 198 g/mol. The minimum Gasteiger partial charge on any atom is -0.300 e. The Morgan fingerprint density at radius 2 is 1.57 bits per heavy atom. The quantitative estimate of drug-likeness (QED) is 0.671. The molecule has 0 amide bonds. The van der Waals surface area contributed by atoms with Crippen molar-refractivity contribution in [2.75, 3.05) is 26.7 Å². The molecular formula is C12H26N2. The van der Waals surface area contributed by atoms with Crippen molar-refractivity contribution in [1.29, 1.82) is 0 Å². The largest absolute Gasteiger partial charge is 0.300 e. The summed E-state index contributed by atoms with van der Waals surface area (Å²) in [6, 6.07) is 1.74. The SMILES string of the molecule is CC.CCCN1CC2CCC(C1)N2C. The van der Waals surface area contributed by atoms with Crippen molar-refractivity contribution in [1.82, 2.24) is 9.80 Å². The Morgan fingerprint density at radius 1 is 1.07 bits per heavy atom. The topological polar surface area (TPSA) is 6.48 Å². The van der Waals surface area contributed by atoms with Gasteiger partial charge in [0, 0.05) is 25.2 Å². The number of likely N-dealkylation sites (N-methyl/N-ethyl adjacent to an activating group) is 1. The molecule has 2 unspecified atom stereocenters. The van der Waals surface area contributed by atoms with Gasteiger partial charge in [-0.2, -0.15) is 0 Å². The van der Waals surface area contributed by atoms with Crippen LogP contribution in [0.15, 0.2) is 0 Å². The minimum absolute atomic E-state index is 0.871. The Morgan fingerprint density at radius 3 is 2.00 bits per heavy atom. The molecule has 0 N–H and O–H groups in total. The maximum Gasteiger partial charge on any atom is 0.0224 e. The van der Waals surface area contributed by atoms with E-state index < -0.39 is 0 Å². The normalized spacial score (nSPS) is 32.6. The molecule has 0 aromatic rings. The molecule has 2 nitrogen and oxygen atoms in total. The maximum absolute atomic E-state index is 2.64. The molecule has 2 rings (SSSR count). The smallest absolute Gasteiger partial charge is 0.0224 e. The van der Waals surface area contributed by atoms with Crippen LogP contribution in [-0.2, 0) is 0 Å². The van der Waals surface area contributed by atoms with E-state index in [1.54, 1.807) is 0 Å². The molecule has 2 fully saturated rings. The fourth-order valence-corrected chi connectivity index (χ4v) is 2.70. The van der Waals surface area contributed by atoms with Gasteiger partial charge in [-0.1, -0.05) is 20.8 Å². The standard InChI is InChI=1S/C10H20N2.C2H6/c1-3-6-12-7-9-4-5-10(8-12)11(9)2;1-2/h9-10H,3-8H2,1-2H3;1-2H3. The summed E-state index contributed by atoms with van der Waals surface area (Å²) < 4.78 is 0. The molecule has 0 radical (unpaired) electrons. The van der Waals surface area contributed by atoms with Crippen molar-refractivity contribution >= 4 is 0 Å². The van der Waals surface area contributed by atoms with Crippen molar-refractivity contribution in [3.8, 4) is 0 Å². The van der Waals surface area contributed by atoms with Crippen LogP contribution in [-0.4, -0.2) is 48.6 Å². The second kappa shape index (κ2) is 5.72. The molecule has 0 aliphatic carbocycles. The summed E-state index contributed by atoms with van der Waals surface area (Å²) in [5, 5.41) is 0. The summed E-state index contributed by atoms with van der Waals surface area (Å²) in [7, 11) is 2.30. The van der Waals surface area contributed by atoms with E-state index >= 15 is 0 Å². The van der Waals surface area contributed by atoms with Gasteiger partial charge in [0.25, 0.3) is 0 Å². The lowest BCUT2D eigenvalue weighted by Gasteiger charge is -2.38. The van der Waals surface area contributed by atoms with E-state index in [0.717, 1.165) is 12.1 Å². The molecule has 14 heavy (non-hydrogen) atoms. The Hall–Kier alpha value is -0.0800. The zero-order valence-electron chi connectivity index (χ0n) is 10.3. The van der Waals surface area contributed by atoms with Crippen LogP contribution in [0.25, 0.3) is 0 Å². The molecule has 0 saturated carbocycles. The van der Waals surface area contributed by atoms with E-state index in [9.17, 15) is 0 Å². The lowest BCUT2D eigenvalue weighted by atomic mass is 10.2. The average Bonchev–Trinajstić information content (AvgIpc) is 2.44. The van der Waals surface area contributed by atoms with Crippen molar-refractivity contribution in [2.45, 2.75) is 52.1 Å². The molecule has 84 valence electrons. The third kappa shape index (κ3) is 2.48. The van der Waals surface area contributed by atoms with E-state index in [4.69, 9.17) is 0 Å². The lowest BCUT2D eigenvalue weighted by Crippen LogP contribution is -2.51. The fourth-order valence-electron chi connectivity index (χ4n) is 2.70. The van der Waals surface area contributed by atoms with Crippen LogP contribution in [0.1, 0.15) is 40.0 Å². The molecule has 2 heteroatoms. The van der Waals surface area contributed by atoms with Gasteiger partial charge in [0.15, 0.2) is 0 Å².